The van der Waals surface area contributed by atoms with Crippen molar-refractivity contribution in [1.29, 1.82) is 0 Å². The van der Waals surface area contributed by atoms with Crippen LogP contribution in [-0.2, 0) is 0 Å². The van der Waals surface area contributed by atoms with Gasteiger partial charge < -0.3 is 15.0 Å². The molecule has 0 spiro atoms. The Morgan fingerprint density at radius 2 is 2.15 bits per heavy atom. The van der Waals surface area contributed by atoms with Crippen LogP contribution in [0.25, 0.3) is 5.65 Å². The number of hydrogen-bond acceptors (Lipinski definition) is 5. The molecular formula is C14H23N5O. The van der Waals surface area contributed by atoms with Gasteiger partial charge in [-0.15, -0.1) is 0 Å². The van der Waals surface area contributed by atoms with Gasteiger partial charge >= 0.3 is 0 Å². The third-order valence-electron chi connectivity index (χ3n) is 3.47. The average Bonchev–Trinajstić information content (AvgIpc) is 2.84. The maximum atomic E-state index is 5.91. The number of anilines is 1. The van der Waals surface area contributed by atoms with E-state index in [1.54, 1.807) is 6.20 Å². The van der Waals surface area contributed by atoms with Gasteiger partial charge in [-0.1, -0.05) is 0 Å². The van der Waals surface area contributed by atoms with Crippen LogP contribution in [0.2, 0.25) is 0 Å². The van der Waals surface area contributed by atoms with E-state index in [0.717, 1.165) is 18.0 Å². The Hall–Kier alpha value is -1.82. The highest BCUT2D eigenvalue weighted by molar-refractivity contribution is 5.53. The second-order valence-corrected chi connectivity index (χ2v) is 5.62. The lowest BCUT2D eigenvalue weighted by molar-refractivity contribution is 0.112. The van der Waals surface area contributed by atoms with Crippen LogP contribution in [0.1, 0.15) is 20.8 Å². The summed E-state index contributed by atoms with van der Waals surface area (Å²) in [6, 6.07) is 0. The Bertz CT molecular complexity index is 576. The van der Waals surface area contributed by atoms with Gasteiger partial charge in [0.2, 0.25) is 5.65 Å². The number of fused-ring (bicyclic) bond motifs is 1. The monoisotopic (exact) mass is 277 g/mol. The maximum Gasteiger partial charge on any atom is 0.260 e. The first-order chi connectivity index (χ1) is 9.44. The van der Waals surface area contributed by atoms with E-state index in [1.165, 1.54) is 0 Å². The summed E-state index contributed by atoms with van der Waals surface area (Å²) in [6.07, 6.45) is 5.55. The van der Waals surface area contributed by atoms with Crippen LogP contribution in [0.3, 0.4) is 0 Å². The molecule has 20 heavy (non-hydrogen) atoms. The molecule has 0 aliphatic carbocycles. The standard InChI is InChI=1S/C14H23N5O/c1-6-15-11-9-19-8-7-16-12(19)13(17-11)20-10-14(2,3)18(4)5/h7-9,15H,6,10H2,1-5H3. The summed E-state index contributed by atoms with van der Waals surface area (Å²) in [6.45, 7) is 7.66. The molecule has 0 fully saturated rings. The number of rotatable bonds is 6. The van der Waals surface area contributed by atoms with Crippen molar-refractivity contribution in [3.05, 3.63) is 18.6 Å². The van der Waals surface area contributed by atoms with Gasteiger partial charge in [0.1, 0.15) is 12.4 Å². The number of aromatic nitrogens is 3. The van der Waals surface area contributed by atoms with Gasteiger partial charge in [0.15, 0.2) is 0 Å². The Morgan fingerprint density at radius 1 is 1.40 bits per heavy atom. The van der Waals surface area contributed by atoms with Crippen LogP contribution in [0.4, 0.5) is 5.82 Å². The second-order valence-electron chi connectivity index (χ2n) is 5.62. The van der Waals surface area contributed by atoms with Gasteiger partial charge in [-0.3, -0.25) is 4.40 Å². The predicted octanol–water partition coefficient (Wildman–Crippen LogP) is 1.88. The summed E-state index contributed by atoms with van der Waals surface area (Å²) in [5, 5.41) is 3.20. The van der Waals surface area contributed by atoms with E-state index < -0.39 is 0 Å². The minimum absolute atomic E-state index is 0.0700. The fourth-order valence-electron chi connectivity index (χ4n) is 1.64. The lowest BCUT2D eigenvalue weighted by Gasteiger charge is -2.31. The topological polar surface area (TPSA) is 54.7 Å². The molecule has 0 atom stereocenters. The number of hydrogen-bond donors (Lipinski definition) is 1. The number of imidazole rings is 1. The Labute approximate surface area is 119 Å². The van der Waals surface area contributed by atoms with Crippen LogP contribution in [-0.4, -0.2) is 52.1 Å². The predicted molar refractivity (Wildman–Crippen MR) is 80.4 cm³/mol. The molecule has 2 aromatic heterocycles. The largest absolute Gasteiger partial charge is 0.473 e. The first-order valence-corrected chi connectivity index (χ1v) is 6.82. The molecule has 0 amide bonds. The van der Waals surface area contributed by atoms with E-state index in [2.05, 4.69) is 34.0 Å². The molecule has 6 heteroatoms. The SMILES string of the molecule is CCNc1cn2ccnc2c(OCC(C)(C)N(C)C)n1. The molecular weight excluding hydrogens is 254 g/mol. The highest BCUT2D eigenvalue weighted by atomic mass is 16.5. The molecule has 0 aromatic carbocycles. The molecule has 0 aliphatic heterocycles. The van der Waals surface area contributed by atoms with E-state index in [0.29, 0.717) is 12.5 Å². The quantitative estimate of drug-likeness (QED) is 0.873. The lowest BCUT2D eigenvalue weighted by Crippen LogP contribution is -2.43. The summed E-state index contributed by atoms with van der Waals surface area (Å²) in [5.74, 6) is 1.35. The maximum absolute atomic E-state index is 5.91. The van der Waals surface area contributed by atoms with Crippen LogP contribution in [0.5, 0.6) is 5.88 Å². The van der Waals surface area contributed by atoms with Crippen molar-refractivity contribution in [3.63, 3.8) is 0 Å². The van der Waals surface area contributed by atoms with Crippen molar-refractivity contribution in [2.24, 2.45) is 0 Å². The first kappa shape index (κ1) is 14.6. The Kier molecular flexibility index (Phi) is 4.13. The zero-order valence-electron chi connectivity index (χ0n) is 12.8. The molecule has 1 N–H and O–H groups in total. The van der Waals surface area contributed by atoms with Crippen molar-refractivity contribution < 1.29 is 4.74 Å². The molecule has 0 bridgehead atoms. The van der Waals surface area contributed by atoms with Crippen molar-refractivity contribution in [1.82, 2.24) is 19.3 Å². The molecule has 0 saturated heterocycles. The van der Waals surface area contributed by atoms with Crippen LogP contribution in [0, 0.1) is 0 Å². The molecule has 110 valence electrons. The molecule has 0 unspecified atom stereocenters. The molecule has 2 rings (SSSR count). The second kappa shape index (κ2) is 5.66. The van der Waals surface area contributed by atoms with Gasteiger partial charge in [-0.05, 0) is 34.9 Å². The van der Waals surface area contributed by atoms with E-state index in [4.69, 9.17) is 4.74 Å². The van der Waals surface area contributed by atoms with Gasteiger partial charge in [0.25, 0.3) is 5.88 Å². The van der Waals surface area contributed by atoms with Crippen LogP contribution >= 0.6 is 0 Å². The highest BCUT2D eigenvalue weighted by Crippen LogP contribution is 2.20. The minimum atomic E-state index is -0.0700. The zero-order chi connectivity index (χ0) is 14.8. The molecule has 0 aliphatic rings. The van der Waals surface area contributed by atoms with Crippen LogP contribution in [0.15, 0.2) is 18.6 Å². The Balaban J connectivity index is 2.26. The third-order valence-corrected chi connectivity index (χ3v) is 3.47. The van der Waals surface area contributed by atoms with E-state index in [-0.39, 0.29) is 5.54 Å². The summed E-state index contributed by atoms with van der Waals surface area (Å²) in [5.41, 5.74) is 0.667. The molecule has 2 heterocycles. The van der Waals surface area contributed by atoms with E-state index in [1.807, 2.05) is 37.8 Å². The number of ether oxygens (including phenoxy) is 1. The summed E-state index contributed by atoms with van der Waals surface area (Å²) in [4.78, 5) is 10.9. The highest BCUT2D eigenvalue weighted by Gasteiger charge is 2.22. The van der Waals surface area contributed by atoms with Gasteiger partial charge in [-0.25, -0.2) is 4.98 Å². The summed E-state index contributed by atoms with van der Waals surface area (Å²) in [7, 11) is 4.08. The van der Waals surface area contributed by atoms with Crippen molar-refractivity contribution >= 4 is 11.5 Å². The minimum Gasteiger partial charge on any atom is -0.473 e. The molecule has 2 aromatic rings. The normalized spacial score (nSPS) is 12.1. The van der Waals surface area contributed by atoms with Gasteiger partial charge in [-0.2, -0.15) is 4.98 Å². The number of nitrogens with one attached hydrogen (secondary N) is 1. The van der Waals surface area contributed by atoms with Gasteiger partial charge in [0.05, 0.1) is 6.20 Å². The van der Waals surface area contributed by atoms with E-state index in [9.17, 15) is 0 Å². The van der Waals surface area contributed by atoms with Crippen molar-refractivity contribution in [2.45, 2.75) is 26.3 Å². The first-order valence-electron chi connectivity index (χ1n) is 6.82. The number of likely N-dealkylation sites (N-methyl/N-ethyl adjacent to an activating group) is 1. The fourth-order valence-corrected chi connectivity index (χ4v) is 1.64. The van der Waals surface area contributed by atoms with Gasteiger partial charge in [0, 0.05) is 24.5 Å². The zero-order valence-corrected chi connectivity index (χ0v) is 12.8. The lowest BCUT2D eigenvalue weighted by atomic mass is 10.1. The molecule has 0 saturated carbocycles. The molecule has 0 radical (unpaired) electrons. The Morgan fingerprint density at radius 3 is 2.80 bits per heavy atom. The number of nitrogens with zero attached hydrogens (tertiary/aromatic N) is 4. The van der Waals surface area contributed by atoms with E-state index >= 15 is 0 Å². The van der Waals surface area contributed by atoms with Crippen LogP contribution < -0.4 is 10.1 Å². The fraction of sp³-hybridized carbons (Fsp3) is 0.571. The average molecular weight is 277 g/mol. The molecule has 6 nitrogen and oxygen atoms in total. The summed E-state index contributed by atoms with van der Waals surface area (Å²) >= 11 is 0. The van der Waals surface area contributed by atoms with Crippen molar-refractivity contribution in [2.75, 3.05) is 32.6 Å². The smallest absolute Gasteiger partial charge is 0.260 e. The third kappa shape index (κ3) is 3.01. The summed E-state index contributed by atoms with van der Waals surface area (Å²) < 4.78 is 7.83. The van der Waals surface area contributed by atoms with Crippen molar-refractivity contribution in [3.8, 4) is 5.88 Å².